The number of pyridine rings is 1. The first-order valence-electron chi connectivity index (χ1n) is 11.2. The molecule has 32 heavy (non-hydrogen) atoms. The molecule has 2 N–H and O–H groups in total. The zero-order chi connectivity index (χ0) is 23.1. The van der Waals surface area contributed by atoms with E-state index in [0.29, 0.717) is 24.2 Å². The van der Waals surface area contributed by atoms with Gasteiger partial charge in [0.05, 0.1) is 13.2 Å². The van der Waals surface area contributed by atoms with E-state index in [1.54, 1.807) is 21.0 Å². The molecule has 1 saturated heterocycles. The molecule has 0 aliphatic carbocycles. The summed E-state index contributed by atoms with van der Waals surface area (Å²) < 4.78 is 5.59. The highest BCUT2D eigenvalue weighted by Gasteiger charge is 2.25. The van der Waals surface area contributed by atoms with Crippen molar-refractivity contribution in [1.29, 1.82) is 5.26 Å². The number of ether oxygens (including phenoxy) is 1. The summed E-state index contributed by atoms with van der Waals surface area (Å²) in [6, 6.07) is 10.0. The number of carbonyl (C=O) groups excluding carboxylic acids is 1. The van der Waals surface area contributed by atoms with E-state index in [0.717, 1.165) is 42.8 Å². The Morgan fingerprint density at radius 2 is 1.97 bits per heavy atom. The fraction of sp³-hybridized carbons (Fsp3) is 0.480. The Hall–Kier alpha value is -3.11. The zero-order valence-electron chi connectivity index (χ0n) is 19.2. The SMILES string of the molecule is COc1ccccc1C(CNC(=O)CCc1c(C)[nH]c(=O)c(C#N)c1C)N1CCCCC1. The van der Waals surface area contributed by atoms with E-state index in [1.165, 1.54) is 6.42 Å². The van der Waals surface area contributed by atoms with Crippen molar-refractivity contribution < 1.29 is 9.53 Å². The van der Waals surface area contributed by atoms with E-state index in [4.69, 9.17) is 4.74 Å². The van der Waals surface area contributed by atoms with Crippen LogP contribution in [0.4, 0.5) is 0 Å². The predicted octanol–water partition coefficient (Wildman–Crippen LogP) is 3.15. The van der Waals surface area contributed by atoms with Gasteiger partial charge in [-0.3, -0.25) is 14.5 Å². The van der Waals surface area contributed by atoms with Crippen molar-refractivity contribution in [3.8, 4) is 11.8 Å². The minimum absolute atomic E-state index is 0.0505. The number of amides is 1. The van der Waals surface area contributed by atoms with Gasteiger partial charge in [-0.25, -0.2) is 0 Å². The molecule has 0 radical (unpaired) electrons. The number of benzene rings is 1. The van der Waals surface area contributed by atoms with Crippen LogP contribution in [-0.4, -0.2) is 42.5 Å². The first-order valence-corrected chi connectivity index (χ1v) is 11.2. The lowest BCUT2D eigenvalue weighted by Gasteiger charge is -2.35. The summed E-state index contributed by atoms with van der Waals surface area (Å²) >= 11 is 0. The van der Waals surface area contributed by atoms with E-state index in [-0.39, 0.29) is 29.5 Å². The fourth-order valence-electron chi connectivity index (χ4n) is 4.57. The molecule has 1 amide bonds. The molecule has 7 nitrogen and oxygen atoms in total. The van der Waals surface area contributed by atoms with Crippen molar-refractivity contribution in [2.24, 2.45) is 0 Å². The number of H-pyrrole nitrogens is 1. The van der Waals surface area contributed by atoms with Gasteiger partial charge >= 0.3 is 0 Å². The monoisotopic (exact) mass is 436 g/mol. The number of aromatic nitrogens is 1. The molecule has 170 valence electrons. The highest BCUT2D eigenvalue weighted by molar-refractivity contribution is 5.76. The number of hydrogen-bond acceptors (Lipinski definition) is 5. The number of carbonyl (C=O) groups is 1. The smallest absolute Gasteiger partial charge is 0.266 e. The van der Waals surface area contributed by atoms with E-state index in [1.807, 2.05) is 24.3 Å². The molecule has 1 aliphatic heterocycles. The Balaban J connectivity index is 1.70. The maximum absolute atomic E-state index is 12.7. The first kappa shape index (κ1) is 23.6. The third-order valence-electron chi connectivity index (χ3n) is 6.34. The van der Waals surface area contributed by atoms with Crippen LogP contribution in [0.15, 0.2) is 29.1 Å². The third kappa shape index (κ3) is 5.38. The number of likely N-dealkylation sites (tertiary alicyclic amines) is 1. The second kappa shape index (κ2) is 11.0. The molecule has 7 heteroatoms. The maximum atomic E-state index is 12.7. The minimum Gasteiger partial charge on any atom is -0.496 e. The number of nitrogens with zero attached hydrogens (tertiary/aromatic N) is 2. The number of nitriles is 1. The Bertz CT molecular complexity index is 1050. The molecule has 1 aliphatic rings. The van der Waals surface area contributed by atoms with Gasteiger partial charge in [0.1, 0.15) is 17.4 Å². The molecule has 2 aromatic rings. The van der Waals surface area contributed by atoms with Crippen LogP contribution in [0.2, 0.25) is 0 Å². The summed E-state index contributed by atoms with van der Waals surface area (Å²) in [5.41, 5.74) is 3.04. The Kier molecular flexibility index (Phi) is 8.07. The van der Waals surface area contributed by atoms with Crippen LogP contribution < -0.4 is 15.6 Å². The maximum Gasteiger partial charge on any atom is 0.266 e. The number of methoxy groups -OCH3 is 1. The molecular weight excluding hydrogens is 404 g/mol. The Morgan fingerprint density at radius 3 is 2.66 bits per heavy atom. The van der Waals surface area contributed by atoms with Crippen molar-refractivity contribution in [3.63, 3.8) is 0 Å². The van der Waals surface area contributed by atoms with Crippen molar-refractivity contribution in [2.75, 3.05) is 26.7 Å². The van der Waals surface area contributed by atoms with Gasteiger partial charge in [0, 0.05) is 24.2 Å². The summed E-state index contributed by atoms with van der Waals surface area (Å²) in [6.45, 7) is 6.09. The van der Waals surface area contributed by atoms with Crippen molar-refractivity contribution in [1.82, 2.24) is 15.2 Å². The number of aryl methyl sites for hydroxylation is 1. The summed E-state index contributed by atoms with van der Waals surface area (Å²) in [4.78, 5) is 29.8. The predicted molar refractivity (Wildman–Crippen MR) is 124 cm³/mol. The standard InChI is InChI=1S/C25H32N4O3/c1-17-19(18(2)28-25(31)21(17)15-26)11-12-24(30)27-16-22(29-13-7-4-8-14-29)20-9-5-6-10-23(20)32-3/h5-6,9-10,22H,4,7-8,11-14,16H2,1-3H3,(H,27,30)(H,28,31). The fourth-order valence-corrected chi connectivity index (χ4v) is 4.57. The molecule has 1 unspecified atom stereocenters. The van der Waals surface area contributed by atoms with E-state index >= 15 is 0 Å². The molecule has 0 spiro atoms. The van der Waals surface area contributed by atoms with Gasteiger partial charge in [-0.15, -0.1) is 0 Å². The lowest BCUT2D eigenvalue weighted by Crippen LogP contribution is -2.40. The zero-order valence-corrected chi connectivity index (χ0v) is 19.2. The topological polar surface area (TPSA) is 98.2 Å². The molecule has 0 saturated carbocycles. The van der Waals surface area contributed by atoms with Crippen LogP contribution >= 0.6 is 0 Å². The number of rotatable bonds is 8. The highest BCUT2D eigenvalue weighted by atomic mass is 16.5. The molecule has 1 aromatic heterocycles. The number of para-hydroxylation sites is 1. The molecule has 1 atom stereocenters. The van der Waals surface area contributed by atoms with Crippen LogP contribution in [0.5, 0.6) is 5.75 Å². The summed E-state index contributed by atoms with van der Waals surface area (Å²) in [5.74, 6) is 0.784. The van der Waals surface area contributed by atoms with Crippen LogP contribution in [0.1, 0.15) is 59.7 Å². The van der Waals surface area contributed by atoms with Gasteiger partial charge < -0.3 is 15.0 Å². The summed E-state index contributed by atoms with van der Waals surface area (Å²) in [7, 11) is 1.68. The number of hydrogen-bond donors (Lipinski definition) is 2. The quantitative estimate of drug-likeness (QED) is 0.662. The lowest BCUT2D eigenvalue weighted by molar-refractivity contribution is -0.121. The molecule has 1 aromatic carbocycles. The van der Waals surface area contributed by atoms with E-state index < -0.39 is 0 Å². The molecule has 3 rings (SSSR count). The van der Waals surface area contributed by atoms with Gasteiger partial charge in [-0.1, -0.05) is 24.6 Å². The summed E-state index contributed by atoms with van der Waals surface area (Å²) in [6.07, 6.45) is 4.32. The average molecular weight is 437 g/mol. The van der Waals surface area contributed by atoms with Crippen LogP contribution in [0.25, 0.3) is 0 Å². The van der Waals surface area contributed by atoms with Crippen LogP contribution in [0.3, 0.4) is 0 Å². The van der Waals surface area contributed by atoms with Crippen molar-refractivity contribution >= 4 is 5.91 Å². The van der Waals surface area contributed by atoms with E-state index in [9.17, 15) is 14.9 Å². The van der Waals surface area contributed by atoms with Crippen LogP contribution in [-0.2, 0) is 11.2 Å². The number of nitrogens with one attached hydrogen (secondary N) is 2. The van der Waals surface area contributed by atoms with Gasteiger partial charge in [-0.2, -0.15) is 5.26 Å². The molecule has 1 fully saturated rings. The second-order valence-electron chi connectivity index (χ2n) is 8.33. The largest absolute Gasteiger partial charge is 0.496 e. The van der Waals surface area contributed by atoms with Gasteiger partial charge in [-0.05, 0) is 63.4 Å². The summed E-state index contributed by atoms with van der Waals surface area (Å²) in [5, 5.41) is 12.4. The van der Waals surface area contributed by atoms with Crippen molar-refractivity contribution in [2.45, 2.75) is 52.0 Å². The molecule has 2 heterocycles. The Morgan fingerprint density at radius 1 is 1.25 bits per heavy atom. The Labute approximate surface area is 189 Å². The van der Waals surface area contributed by atoms with Gasteiger partial charge in [0.25, 0.3) is 5.56 Å². The molecular formula is C25H32N4O3. The average Bonchev–Trinajstić information content (AvgIpc) is 2.80. The normalized spacial score (nSPS) is 15.1. The van der Waals surface area contributed by atoms with E-state index in [2.05, 4.69) is 21.3 Å². The highest BCUT2D eigenvalue weighted by Crippen LogP contribution is 2.31. The van der Waals surface area contributed by atoms with Crippen molar-refractivity contribution in [3.05, 3.63) is 62.6 Å². The minimum atomic E-state index is -0.378. The number of piperidine rings is 1. The van der Waals surface area contributed by atoms with Gasteiger partial charge in [0.2, 0.25) is 5.91 Å². The van der Waals surface area contributed by atoms with Gasteiger partial charge in [0.15, 0.2) is 0 Å². The van der Waals surface area contributed by atoms with Crippen LogP contribution in [0, 0.1) is 25.2 Å². The second-order valence-corrected chi connectivity index (χ2v) is 8.33. The lowest BCUT2D eigenvalue weighted by atomic mass is 9.98. The molecule has 0 bridgehead atoms. The third-order valence-corrected chi connectivity index (χ3v) is 6.34. The first-order chi connectivity index (χ1) is 15.5. The number of aromatic amines is 1.